The zero-order valence-corrected chi connectivity index (χ0v) is 18.2. The number of hydrogen-bond donors (Lipinski definition) is 1. The summed E-state index contributed by atoms with van der Waals surface area (Å²) in [7, 11) is 1.50. The lowest BCUT2D eigenvalue weighted by molar-refractivity contribution is -0.119. The molecule has 0 aliphatic heterocycles. The van der Waals surface area contributed by atoms with Gasteiger partial charge in [-0.2, -0.15) is 0 Å². The maximum Gasteiger partial charge on any atom is 0.341 e. The Bertz CT molecular complexity index is 907. The van der Waals surface area contributed by atoms with Crippen molar-refractivity contribution in [3.63, 3.8) is 0 Å². The number of aryl methyl sites for hydroxylation is 1. The fraction of sp³-hybridized carbons (Fsp3) is 0.381. The molecule has 0 bridgehead atoms. The van der Waals surface area contributed by atoms with Gasteiger partial charge in [-0.05, 0) is 44.5 Å². The van der Waals surface area contributed by atoms with E-state index in [1.807, 2.05) is 13.8 Å². The molecule has 0 unspecified atom stereocenters. The van der Waals surface area contributed by atoms with Crippen LogP contribution in [0.5, 0.6) is 11.5 Å². The summed E-state index contributed by atoms with van der Waals surface area (Å²) in [5, 5.41) is 2.99. The molecule has 0 atom stereocenters. The van der Waals surface area contributed by atoms with E-state index in [2.05, 4.69) is 5.32 Å². The van der Waals surface area contributed by atoms with E-state index < -0.39 is 24.5 Å². The normalized spacial score (nSPS) is 10.3. The number of rotatable bonds is 10. The summed E-state index contributed by atoms with van der Waals surface area (Å²) in [6.07, 6.45) is 0.710. The van der Waals surface area contributed by atoms with Crippen molar-refractivity contribution in [2.24, 2.45) is 0 Å². The summed E-state index contributed by atoms with van der Waals surface area (Å²) in [6, 6.07) is 6.30. The summed E-state index contributed by atoms with van der Waals surface area (Å²) in [5.74, 6) is -0.857. The quantitative estimate of drug-likeness (QED) is 0.568. The molecule has 0 aliphatic rings. The molecule has 0 saturated heterocycles. The minimum Gasteiger partial charge on any atom is -0.493 e. The van der Waals surface area contributed by atoms with Gasteiger partial charge in [-0.15, -0.1) is 11.3 Å². The van der Waals surface area contributed by atoms with Crippen LogP contribution in [-0.4, -0.2) is 44.8 Å². The molecular formula is C21H25NO7S. The number of ether oxygens (including phenoxy) is 4. The second kappa shape index (κ2) is 11.2. The second-order valence-electron chi connectivity index (χ2n) is 5.95. The zero-order chi connectivity index (χ0) is 22.1. The van der Waals surface area contributed by atoms with Gasteiger partial charge in [-0.25, -0.2) is 9.59 Å². The van der Waals surface area contributed by atoms with Crippen LogP contribution >= 0.6 is 11.3 Å². The molecule has 1 amide bonds. The summed E-state index contributed by atoms with van der Waals surface area (Å²) in [5.41, 5.74) is 0.513. The highest BCUT2D eigenvalue weighted by Gasteiger charge is 2.20. The van der Waals surface area contributed by atoms with Crippen LogP contribution in [0.3, 0.4) is 0 Å². The second-order valence-corrected chi connectivity index (χ2v) is 7.09. The number of methoxy groups -OCH3 is 1. The molecule has 0 spiro atoms. The van der Waals surface area contributed by atoms with Gasteiger partial charge in [0, 0.05) is 4.88 Å². The molecule has 2 aromatic rings. The number of carbonyl (C=O) groups is 3. The largest absolute Gasteiger partial charge is 0.493 e. The van der Waals surface area contributed by atoms with Gasteiger partial charge in [0.25, 0.3) is 5.91 Å². The van der Waals surface area contributed by atoms with Crippen LogP contribution in [0.1, 0.15) is 46.4 Å². The van der Waals surface area contributed by atoms with Crippen molar-refractivity contribution in [2.45, 2.75) is 27.2 Å². The zero-order valence-electron chi connectivity index (χ0n) is 17.4. The molecule has 1 N–H and O–H groups in total. The summed E-state index contributed by atoms with van der Waals surface area (Å²) >= 11 is 1.28. The van der Waals surface area contributed by atoms with Gasteiger partial charge in [0.2, 0.25) is 0 Å². The van der Waals surface area contributed by atoms with Crippen molar-refractivity contribution < 1.29 is 33.3 Å². The van der Waals surface area contributed by atoms with Gasteiger partial charge in [0.15, 0.2) is 18.1 Å². The molecule has 0 fully saturated rings. The van der Waals surface area contributed by atoms with Gasteiger partial charge in [0.05, 0.1) is 31.5 Å². The predicted molar refractivity (Wildman–Crippen MR) is 113 cm³/mol. The van der Waals surface area contributed by atoms with Gasteiger partial charge in [0.1, 0.15) is 5.00 Å². The number of amides is 1. The van der Waals surface area contributed by atoms with Crippen LogP contribution in [-0.2, 0) is 20.7 Å². The number of hydrogen-bond acceptors (Lipinski definition) is 8. The number of carbonyl (C=O) groups excluding carboxylic acids is 3. The number of esters is 2. The number of nitrogens with one attached hydrogen (secondary N) is 1. The predicted octanol–water partition coefficient (Wildman–Crippen LogP) is 3.69. The third kappa shape index (κ3) is 5.96. The molecule has 0 aliphatic carbocycles. The molecule has 0 radical (unpaired) electrons. The third-order valence-electron chi connectivity index (χ3n) is 3.91. The average molecular weight is 435 g/mol. The van der Waals surface area contributed by atoms with Crippen LogP contribution in [0.15, 0.2) is 24.3 Å². The maximum atomic E-state index is 12.3. The van der Waals surface area contributed by atoms with Crippen molar-refractivity contribution >= 4 is 34.2 Å². The Labute approximate surface area is 179 Å². The van der Waals surface area contributed by atoms with E-state index in [1.165, 1.54) is 30.6 Å². The minimum atomic E-state index is -0.681. The van der Waals surface area contributed by atoms with Crippen molar-refractivity contribution in [3.05, 3.63) is 40.3 Å². The Kier molecular flexibility index (Phi) is 8.67. The van der Waals surface area contributed by atoms with E-state index in [9.17, 15) is 14.4 Å². The first-order chi connectivity index (χ1) is 14.4. The first kappa shape index (κ1) is 23.2. The van der Waals surface area contributed by atoms with E-state index in [1.54, 1.807) is 19.1 Å². The Balaban J connectivity index is 2.03. The Morgan fingerprint density at radius 1 is 0.967 bits per heavy atom. The summed E-state index contributed by atoms with van der Waals surface area (Å²) in [4.78, 5) is 37.6. The van der Waals surface area contributed by atoms with E-state index in [0.29, 0.717) is 29.5 Å². The molecular weight excluding hydrogens is 410 g/mol. The maximum absolute atomic E-state index is 12.3. The highest BCUT2D eigenvalue weighted by atomic mass is 32.1. The van der Waals surface area contributed by atoms with Gasteiger partial charge >= 0.3 is 11.9 Å². The standard InChI is InChI=1S/C21H25NO7S/c1-5-14-11-15(21(25)28-7-3)19(30-14)22-18(23)12-29-20(24)13-8-9-16(26-4)17(10-13)27-6-2/h8-11H,5-7,12H2,1-4H3,(H,22,23). The number of benzene rings is 1. The summed E-state index contributed by atoms with van der Waals surface area (Å²) < 4.78 is 20.7. The molecule has 1 aromatic carbocycles. The average Bonchev–Trinajstić information content (AvgIpc) is 3.15. The van der Waals surface area contributed by atoms with Crippen molar-refractivity contribution in [3.8, 4) is 11.5 Å². The lowest BCUT2D eigenvalue weighted by atomic mass is 10.2. The molecule has 9 heteroatoms. The van der Waals surface area contributed by atoms with Crippen molar-refractivity contribution in [1.29, 1.82) is 0 Å². The number of anilines is 1. The minimum absolute atomic E-state index is 0.226. The molecule has 162 valence electrons. The highest BCUT2D eigenvalue weighted by molar-refractivity contribution is 7.16. The van der Waals surface area contributed by atoms with Crippen LogP contribution in [0, 0.1) is 0 Å². The first-order valence-corrected chi connectivity index (χ1v) is 10.3. The van der Waals surface area contributed by atoms with E-state index in [4.69, 9.17) is 18.9 Å². The monoisotopic (exact) mass is 435 g/mol. The Hall–Kier alpha value is -3.07. The first-order valence-electron chi connectivity index (χ1n) is 9.51. The fourth-order valence-corrected chi connectivity index (χ4v) is 3.52. The van der Waals surface area contributed by atoms with Gasteiger partial charge in [-0.1, -0.05) is 6.92 Å². The molecule has 2 rings (SSSR count). The molecule has 1 heterocycles. The molecule has 1 aromatic heterocycles. The molecule has 8 nitrogen and oxygen atoms in total. The molecule has 0 saturated carbocycles. The van der Waals surface area contributed by atoms with E-state index in [0.717, 1.165) is 4.88 Å². The topological polar surface area (TPSA) is 100 Å². The lowest BCUT2D eigenvalue weighted by Gasteiger charge is -2.11. The lowest BCUT2D eigenvalue weighted by Crippen LogP contribution is -2.21. The van der Waals surface area contributed by atoms with Crippen LogP contribution in [0.4, 0.5) is 5.00 Å². The van der Waals surface area contributed by atoms with Gasteiger partial charge < -0.3 is 24.3 Å². The van der Waals surface area contributed by atoms with E-state index >= 15 is 0 Å². The Morgan fingerprint density at radius 3 is 2.37 bits per heavy atom. The van der Waals surface area contributed by atoms with Gasteiger partial charge in [-0.3, -0.25) is 4.79 Å². The van der Waals surface area contributed by atoms with Crippen molar-refractivity contribution in [2.75, 3.05) is 32.2 Å². The summed E-state index contributed by atoms with van der Waals surface area (Å²) in [6.45, 7) is 5.59. The highest BCUT2D eigenvalue weighted by Crippen LogP contribution is 2.30. The smallest absolute Gasteiger partial charge is 0.341 e. The third-order valence-corrected chi connectivity index (χ3v) is 5.11. The van der Waals surface area contributed by atoms with Crippen LogP contribution in [0.2, 0.25) is 0 Å². The SMILES string of the molecule is CCOC(=O)c1cc(CC)sc1NC(=O)COC(=O)c1ccc(OC)c(OCC)c1. The molecule has 30 heavy (non-hydrogen) atoms. The van der Waals surface area contributed by atoms with Crippen LogP contribution < -0.4 is 14.8 Å². The number of thiophene rings is 1. The van der Waals surface area contributed by atoms with E-state index in [-0.39, 0.29) is 17.7 Å². The Morgan fingerprint density at radius 2 is 1.73 bits per heavy atom. The van der Waals surface area contributed by atoms with Crippen LogP contribution in [0.25, 0.3) is 0 Å². The van der Waals surface area contributed by atoms with Crippen molar-refractivity contribution in [1.82, 2.24) is 0 Å². The fourth-order valence-electron chi connectivity index (χ4n) is 2.52.